The van der Waals surface area contributed by atoms with E-state index >= 15 is 0 Å². The van der Waals surface area contributed by atoms with Crippen molar-refractivity contribution < 1.29 is 0 Å². The van der Waals surface area contributed by atoms with Crippen molar-refractivity contribution in [3.63, 3.8) is 0 Å². The molecule has 2 nitrogen and oxygen atoms in total. The minimum atomic E-state index is 0.0336. The maximum atomic E-state index is 2.47. The molecule has 11 rings (SSSR count). The van der Waals surface area contributed by atoms with Gasteiger partial charge in [0.25, 0.3) is 0 Å². The fourth-order valence-electron chi connectivity index (χ4n) is 9.20. The van der Waals surface area contributed by atoms with Gasteiger partial charge in [-0.3, -0.25) is 0 Å². The smallest absolute Gasteiger partial charge is 0.0541 e. The highest BCUT2D eigenvalue weighted by molar-refractivity contribution is 7.25. The number of benzene rings is 8. The Morgan fingerprint density at radius 3 is 1.37 bits per heavy atom. The molecule has 3 aromatic heterocycles. The van der Waals surface area contributed by atoms with Gasteiger partial charge >= 0.3 is 0 Å². The van der Waals surface area contributed by atoms with Crippen LogP contribution in [0.15, 0.2) is 170 Å². The van der Waals surface area contributed by atoms with Crippen molar-refractivity contribution in [1.29, 1.82) is 0 Å². The van der Waals surface area contributed by atoms with Crippen LogP contribution in [0.4, 0.5) is 0 Å². The standard InChI is InChI=1S/C56H46N2S/c1-55(2,3)39-21-26-51-46(32-39)44-30-37(19-24-49(44)57(51)41-15-8-7-9-16-41)35-13-12-14-36(29-35)38-20-25-50-45(31-38)47-33-40(56(4,5)6)22-27-52(47)58(50)42-23-28-54-48(34-42)43-17-10-11-18-53(43)59-54/h7-34H,1-6H3. The molecule has 0 aliphatic rings. The summed E-state index contributed by atoms with van der Waals surface area (Å²) in [6.45, 7) is 13.8. The summed E-state index contributed by atoms with van der Waals surface area (Å²) in [5.41, 5.74) is 14.9. The second kappa shape index (κ2) is 13.0. The van der Waals surface area contributed by atoms with Gasteiger partial charge in [-0.1, -0.05) is 120 Å². The first-order valence-electron chi connectivity index (χ1n) is 20.7. The lowest BCUT2D eigenvalue weighted by atomic mass is 9.86. The first kappa shape index (κ1) is 35.7. The van der Waals surface area contributed by atoms with Crippen LogP contribution >= 0.6 is 11.3 Å². The molecule has 0 N–H and O–H groups in total. The Hall–Kier alpha value is -6.42. The van der Waals surface area contributed by atoms with E-state index in [9.17, 15) is 0 Å². The third-order valence-electron chi connectivity index (χ3n) is 12.4. The van der Waals surface area contributed by atoms with Crippen LogP contribution in [0, 0.1) is 0 Å². The summed E-state index contributed by atoms with van der Waals surface area (Å²) in [5.74, 6) is 0. The van der Waals surface area contributed by atoms with Gasteiger partial charge in [-0.2, -0.15) is 0 Å². The molecule has 0 unspecified atom stereocenters. The number of hydrogen-bond acceptors (Lipinski definition) is 1. The first-order valence-corrected chi connectivity index (χ1v) is 21.6. The molecule has 0 spiro atoms. The number of hydrogen-bond donors (Lipinski definition) is 0. The maximum Gasteiger partial charge on any atom is 0.0541 e. The van der Waals surface area contributed by atoms with Crippen LogP contribution in [-0.2, 0) is 10.8 Å². The third-order valence-corrected chi connectivity index (χ3v) is 13.6. The van der Waals surface area contributed by atoms with Crippen LogP contribution in [0.2, 0.25) is 0 Å². The van der Waals surface area contributed by atoms with E-state index in [0.29, 0.717) is 0 Å². The number of rotatable bonds is 4. The molecule has 0 bridgehead atoms. The van der Waals surface area contributed by atoms with Gasteiger partial charge in [-0.15, -0.1) is 11.3 Å². The monoisotopic (exact) mass is 778 g/mol. The SMILES string of the molecule is CC(C)(C)c1ccc2c(c1)c1cc(-c3cccc(-c4ccc5c(c4)c4cc(C(C)(C)C)ccc4n5-c4ccc5sc6ccccc6c5c4)c3)ccc1n2-c1ccccc1. The van der Waals surface area contributed by atoms with Crippen LogP contribution in [0.25, 0.3) is 97.4 Å². The van der Waals surface area contributed by atoms with E-state index in [0.717, 1.165) is 0 Å². The molecule has 0 saturated heterocycles. The molecule has 0 atom stereocenters. The minimum Gasteiger partial charge on any atom is -0.309 e. The van der Waals surface area contributed by atoms with E-state index in [1.807, 2.05) is 11.3 Å². The molecule has 0 saturated carbocycles. The van der Waals surface area contributed by atoms with Gasteiger partial charge in [0.1, 0.15) is 0 Å². The van der Waals surface area contributed by atoms with Gasteiger partial charge in [0.15, 0.2) is 0 Å². The average molecular weight is 779 g/mol. The van der Waals surface area contributed by atoms with Crippen molar-refractivity contribution >= 4 is 75.1 Å². The van der Waals surface area contributed by atoms with E-state index < -0.39 is 0 Å². The summed E-state index contributed by atoms with van der Waals surface area (Å²) in [4.78, 5) is 0. The average Bonchev–Trinajstić information content (AvgIpc) is 3.89. The summed E-state index contributed by atoms with van der Waals surface area (Å²) < 4.78 is 7.53. The zero-order chi connectivity index (χ0) is 40.2. The minimum absolute atomic E-state index is 0.0336. The lowest BCUT2D eigenvalue weighted by Crippen LogP contribution is -2.10. The molecular formula is C56H46N2S. The van der Waals surface area contributed by atoms with Crippen molar-refractivity contribution in [1.82, 2.24) is 9.13 Å². The van der Waals surface area contributed by atoms with E-state index in [1.165, 1.54) is 109 Å². The zero-order valence-corrected chi connectivity index (χ0v) is 35.3. The van der Waals surface area contributed by atoms with Gasteiger partial charge in [-0.25, -0.2) is 0 Å². The van der Waals surface area contributed by atoms with E-state index in [4.69, 9.17) is 0 Å². The first-order chi connectivity index (χ1) is 28.5. The largest absolute Gasteiger partial charge is 0.309 e. The molecule has 0 amide bonds. The van der Waals surface area contributed by atoms with E-state index in [1.54, 1.807) is 0 Å². The molecule has 11 aromatic rings. The van der Waals surface area contributed by atoms with Crippen molar-refractivity contribution in [2.45, 2.75) is 52.4 Å². The summed E-state index contributed by atoms with van der Waals surface area (Å²) in [7, 11) is 0. The molecule has 59 heavy (non-hydrogen) atoms. The molecule has 8 aromatic carbocycles. The van der Waals surface area contributed by atoms with Crippen molar-refractivity contribution in [3.8, 4) is 33.6 Å². The molecular weight excluding hydrogens is 733 g/mol. The quantitative estimate of drug-likeness (QED) is 0.168. The van der Waals surface area contributed by atoms with Gasteiger partial charge in [-0.05, 0) is 135 Å². The molecule has 3 heterocycles. The Bertz CT molecular complexity index is 3450. The Balaban J connectivity index is 1.07. The predicted molar refractivity (Wildman–Crippen MR) is 256 cm³/mol. The Morgan fingerprint density at radius 1 is 0.322 bits per heavy atom. The van der Waals surface area contributed by atoms with Gasteiger partial charge in [0.05, 0.1) is 22.1 Å². The normalized spacial score (nSPS) is 12.6. The van der Waals surface area contributed by atoms with Gasteiger partial charge in [0.2, 0.25) is 0 Å². The highest BCUT2D eigenvalue weighted by Gasteiger charge is 2.21. The Labute approximate surface area is 349 Å². The molecule has 286 valence electrons. The number of thiophene rings is 1. The fraction of sp³-hybridized carbons (Fsp3) is 0.143. The van der Waals surface area contributed by atoms with Crippen molar-refractivity contribution in [2.75, 3.05) is 0 Å². The van der Waals surface area contributed by atoms with Crippen LogP contribution in [0.1, 0.15) is 52.7 Å². The molecule has 0 radical (unpaired) electrons. The number of nitrogens with zero attached hydrogens (tertiary/aromatic N) is 2. The fourth-order valence-corrected chi connectivity index (χ4v) is 10.3. The second-order valence-electron chi connectivity index (χ2n) is 18.3. The van der Waals surface area contributed by atoms with Crippen LogP contribution in [0.3, 0.4) is 0 Å². The molecule has 0 fully saturated rings. The molecule has 0 aliphatic carbocycles. The highest BCUT2D eigenvalue weighted by Crippen LogP contribution is 2.42. The van der Waals surface area contributed by atoms with Crippen LogP contribution in [0.5, 0.6) is 0 Å². The second-order valence-corrected chi connectivity index (χ2v) is 19.4. The zero-order valence-electron chi connectivity index (χ0n) is 34.5. The lowest BCUT2D eigenvalue weighted by Gasteiger charge is -2.19. The van der Waals surface area contributed by atoms with E-state index in [-0.39, 0.29) is 10.8 Å². The van der Waals surface area contributed by atoms with E-state index in [2.05, 4.69) is 221 Å². The molecule has 0 aliphatic heterocycles. The Kier molecular flexibility index (Phi) is 7.90. The number of para-hydroxylation sites is 1. The highest BCUT2D eigenvalue weighted by atomic mass is 32.1. The third kappa shape index (κ3) is 5.82. The number of aromatic nitrogens is 2. The number of fused-ring (bicyclic) bond motifs is 9. The summed E-state index contributed by atoms with van der Waals surface area (Å²) in [6, 6.07) is 63.8. The Morgan fingerprint density at radius 2 is 0.797 bits per heavy atom. The topological polar surface area (TPSA) is 9.86 Å². The summed E-state index contributed by atoms with van der Waals surface area (Å²) >= 11 is 1.87. The summed E-state index contributed by atoms with van der Waals surface area (Å²) in [5, 5.41) is 7.76. The predicted octanol–water partition coefficient (Wildman–Crippen LogP) is 16.2. The maximum absolute atomic E-state index is 2.47. The molecule has 3 heteroatoms. The van der Waals surface area contributed by atoms with Crippen molar-refractivity contribution in [3.05, 3.63) is 181 Å². The van der Waals surface area contributed by atoms with Crippen LogP contribution in [-0.4, -0.2) is 9.13 Å². The van der Waals surface area contributed by atoms with Gasteiger partial charge < -0.3 is 9.13 Å². The van der Waals surface area contributed by atoms with Crippen LogP contribution < -0.4 is 0 Å². The lowest BCUT2D eigenvalue weighted by molar-refractivity contribution is 0.591. The van der Waals surface area contributed by atoms with Crippen molar-refractivity contribution in [2.24, 2.45) is 0 Å². The van der Waals surface area contributed by atoms with Gasteiger partial charge in [0, 0.05) is 53.1 Å². The summed E-state index contributed by atoms with van der Waals surface area (Å²) in [6.07, 6.45) is 0.